The second kappa shape index (κ2) is 10.7. The molecule has 1 N–H and O–H groups in total. The smallest absolute Gasteiger partial charge is 0.251 e. The first kappa shape index (κ1) is 22.5. The number of carbonyl (C=O) groups excluding carboxylic acids is 1. The lowest BCUT2D eigenvalue weighted by molar-refractivity contribution is 0.0162. The highest BCUT2D eigenvalue weighted by atomic mass is 79.9. The van der Waals surface area contributed by atoms with E-state index in [0.29, 0.717) is 47.9 Å². The Morgan fingerprint density at radius 2 is 2.07 bits per heavy atom. The third-order valence-electron chi connectivity index (χ3n) is 4.96. The van der Waals surface area contributed by atoms with Gasteiger partial charge >= 0.3 is 0 Å². The van der Waals surface area contributed by atoms with E-state index in [0.717, 1.165) is 18.7 Å². The van der Waals surface area contributed by atoms with Crippen LogP contribution >= 0.6 is 15.9 Å². The number of carbonyl (C=O) groups is 1. The second-order valence-corrected chi connectivity index (χ2v) is 7.71. The van der Waals surface area contributed by atoms with Crippen LogP contribution in [-0.4, -0.2) is 57.4 Å². The van der Waals surface area contributed by atoms with Crippen molar-refractivity contribution in [2.75, 3.05) is 46.6 Å². The minimum Gasteiger partial charge on any atom is -0.493 e. The first-order valence-electron chi connectivity index (χ1n) is 9.89. The molecule has 0 saturated carbocycles. The van der Waals surface area contributed by atoms with Crippen molar-refractivity contribution in [3.63, 3.8) is 0 Å². The summed E-state index contributed by atoms with van der Waals surface area (Å²) < 4.78 is 30.9. The fourth-order valence-corrected chi connectivity index (χ4v) is 4.04. The SMILES string of the molecule is CCOc1c(Br)cc(C(=O)NCC(c2cccc(F)c2)N2CCOCC2)cc1OC. The predicted molar refractivity (Wildman–Crippen MR) is 116 cm³/mol. The van der Waals surface area contributed by atoms with E-state index in [2.05, 4.69) is 26.1 Å². The number of halogens is 2. The van der Waals surface area contributed by atoms with Crippen molar-refractivity contribution in [1.82, 2.24) is 10.2 Å². The molecule has 1 atom stereocenters. The van der Waals surface area contributed by atoms with Crippen LogP contribution in [0.4, 0.5) is 4.39 Å². The third kappa shape index (κ3) is 5.50. The van der Waals surface area contributed by atoms with Crippen LogP contribution < -0.4 is 14.8 Å². The molecule has 1 heterocycles. The lowest BCUT2D eigenvalue weighted by atomic mass is 10.0. The number of nitrogens with one attached hydrogen (secondary N) is 1. The van der Waals surface area contributed by atoms with Gasteiger partial charge in [-0.2, -0.15) is 0 Å². The summed E-state index contributed by atoms with van der Waals surface area (Å²) in [5.74, 6) is 0.498. The average Bonchev–Trinajstić information content (AvgIpc) is 2.76. The number of nitrogens with zero attached hydrogens (tertiary/aromatic N) is 1. The molecular weight excluding hydrogens is 455 g/mol. The van der Waals surface area contributed by atoms with Crippen molar-refractivity contribution in [2.24, 2.45) is 0 Å². The van der Waals surface area contributed by atoms with Gasteiger partial charge in [-0.1, -0.05) is 12.1 Å². The van der Waals surface area contributed by atoms with Gasteiger partial charge in [0.25, 0.3) is 5.91 Å². The lowest BCUT2D eigenvalue weighted by Gasteiger charge is -2.35. The fraction of sp³-hybridized carbons (Fsp3) is 0.409. The molecule has 3 rings (SSSR count). The first-order chi connectivity index (χ1) is 14.5. The zero-order valence-electron chi connectivity index (χ0n) is 17.1. The maximum atomic E-state index is 13.8. The predicted octanol–water partition coefficient (Wildman–Crippen LogP) is 3.80. The van der Waals surface area contributed by atoms with Crippen LogP contribution in [-0.2, 0) is 4.74 Å². The van der Waals surface area contributed by atoms with Gasteiger partial charge in [0.15, 0.2) is 11.5 Å². The van der Waals surface area contributed by atoms with E-state index in [4.69, 9.17) is 14.2 Å². The van der Waals surface area contributed by atoms with Gasteiger partial charge in [0, 0.05) is 25.2 Å². The summed E-state index contributed by atoms with van der Waals surface area (Å²) in [5.41, 5.74) is 1.27. The molecule has 0 aromatic heterocycles. The maximum absolute atomic E-state index is 13.8. The molecule has 30 heavy (non-hydrogen) atoms. The Kier molecular flexibility index (Phi) is 8.07. The van der Waals surface area contributed by atoms with Gasteiger partial charge in [-0.25, -0.2) is 4.39 Å². The van der Waals surface area contributed by atoms with Gasteiger partial charge < -0.3 is 19.5 Å². The molecule has 2 aromatic rings. The van der Waals surface area contributed by atoms with Gasteiger partial charge in [-0.15, -0.1) is 0 Å². The molecule has 1 fully saturated rings. The van der Waals surface area contributed by atoms with Gasteiger partial charge in [0.1, 0.15) is 5.82 Å². The number of rotatable bonds is 8. The highest BCUT2D eigenvalue weighted by molar-refractivity contribution is 9.10. The van der Waals surface area contributed by atoms with Crippen LogP contribution in [0.2, 0.25) is 0 Å². The van der Waals surface area contributed by atoms with E-state index >= 15 is 0 Å². The number of ether oxygens (including phenoxy) is 3. The van der Waals surface area contributed by atoms with Crippen LogP contribution in [0.15, 0.2) is 40.9 Å². The average molecular weight is 481 g/mol. The second-order valence-electron chi connectivity index (χ2n) is 6.85. The summed E-state index contributed by atoms with van der Waals surface area (Å²) >= 11 is 3.45. The van der Waals surface area contributed by atoms with E-state index < -0.39 is 0 Å². The molecule has 0 spiro atoms. The minimum absolute atomic E-state index is 0.151. The molecule has 1 aliphatic heterocycles. The van der Waals surface area contributed by atoms with Crippen molar-refractivity contribution < 1.29 is 23.4 Å². The minimum atomic E-state index is -0.294. The van der Waals surface area contributed by atoms with Crippen LogP contribution in [0, 0.1) is 5.82 Å². The summed E-state index contributed by atoms with van der Waals surface area (Å²) in [4.78, 5) is 15.1. The van der Waals surface area contributed by atoms with E-state index in [9.17, 15) is 9.18 Å². The third-order valence-corrected chi connectivity index (χ3v) is 5.55. The molecule has 0 aliphatic carbocycles. The van der Waals surface area contributed by atoms with E-state index in [1.807, 2.05) is 13.0 Å². The number of methoxy groups -OCH3 is 1. The topological polar surface area (TPSA) is 60.0 Å². The summed E-state index contributed by atoms with van der Waals surface area (Å²) in [5, 5.41) is 2.98. The van der Waals surface area contributed by atoms with Crippen LogP contribution in [0.3, 0.4) is 0 Å². The Bertz CT molecular complexity index is 874. The Hall–Kier alpha value is -2.16. The summed E-state index contributed by atoms with van der Waals surface area (Å²) in [6, 6.07) is 9.71. The molecule has 0 bridgehead atoms. The molecule has 1 aliphatic rings. The van der Waals surface area contributed by atoms with Crippen LogP contribution in [0.1, 0.15) is 28.9 Å². The highest BCUT2D eigenvalue weighted by Crippen LogP contribution is 2.36. The zero-order valence-corrected chi connectivity index (χ0v) is 18.7. The summed E-state index contributed by atoms with van der Waals surface area (Å²) in [6.07, 6.45) is 0. The molecule has 8 heteroatoms. The van der Waals surface area contributed by atoms with Crippen molar-refractivity contribution in [3.8, 4) is 11.5 Å². The number of hydrogen-bond acceptors (Lipinski definition) is 5. The molecule has 0 radical (unpaired) electrons. The molecule has 6 nitrogen and oxygen atoms in total. The van der Waals surface area contributed by atoms with Gasteiger partial charge in [-0.3, -0.25) is 9.69 Å². The zero-order chi connectivity index (χ0) is 21.5. The Morgan fingerprint density at radius 3 is 2.73 bits per heavy atom. The van der Waals surface area contributed by atoms with Crippen molar-refractivity contribution in [3.05, 3.63) is 57.8 Å². The van der Waals surface area contributed by atoms with E-state index in [-0.39, 0.29) is 17.8 Å². The fourth-order valence-electron chi connectivity index (χ4n) is 3.49. The molecule has 1 saturated heterocycles. The maximum Gasteiger partial charge on any atom is 0.251 e. The molecule has 1 amide bonds. The molecule has 162 valence electrons. The number of amides is 1. The van der Waals surface area contributed by atoms with E-state index in [1.54, 1.807) is 18.2 Å². The normalized spacial score (nSPS) is 15.5. The van der Waals surface area contributed by atoms with Gasteiger partial charge in [-0.05, 0) is 52.7 Å². The number of hydrogen-bond donors (Lipinski definition) is 1. The van der Waals surface area contributed by atoms with E-state index in [1.165, 1.54) is 19.2 Å². The Morgan fingerprint density at radius 1 is 1.30 bits per heavy atom. The molecule has 1 unspecified atom stereocenters. The van der Waals surface area contributed by atoms with Gasteiger partial charge in [0.2, 0.25) is 0 Å². The van der Waals surface area contributed by atoms with Crippen LogP contribution in [0.25, 0.3) is 0 Å². The number of morpholine rings is 1. The van der Waals surface area contributed by atoms with Crippen LogP contribution in [0.5, 0.6) is 11.5 Å². The standard InChI is InChI=1S/C22H26BrFN2O4/c1-3-30-21-18(23)12-16(13-20(21)28-2)22(27)25-14-19(26-7-9-29-10-8-26)15-5-4-6-17(24)11-15/h4-6,11-13,19H,3,7-10,14H2,1-2H3,(H,25,27). The quantitative estimate of drug-likeness (QED) is 0.622. The Labute approximate surface area is 184 Å². The van der Waals surface area contributed by atoms with Crippen molar-refractivity contribution in [1.29, 1.82) is 0 Å². The molecular formula is C22H26BrFN2O4. The first-order valence-corrected chi connectivity index (χ1v) is 10.7. The summed E-state index contributed by atoms with van der Waals surface area (Å²) in [6.45, 7) is 5.38. The van der Waals surface area contributed by atoms with Gasteiger partial charge in [0.05, 0.1) is 37.4 Å². The highest BCUT2D eigenvalue weighted by Gasteiger charge is 2.24. The van der Waals surface area contributed by atoms with Crippen molar-refractivity contribution >= 4 is 21.8 Å². The van der Waals surface area contributed by atoms with Crippen molar-refractivity contribution in [2.45, 2.75) is 13.0 Å². The summed E-state index contributed by atoms with van der Waals surface area (Å²) in [7, 11) is 1.53. The number of benzene rings is 2. The monoisotopic (exact) mass is 480 g/mol. The Balaban J connectivity index is 1.78. The lowest BCUT2D eigenvalue weighted by Crippen LogP contribution is -2.43. The molecule has 2 aromatic carbocycles. The largest absolute Gasteiger partial charge is 0.493 e.